The van der Waals surface area contributed by atoms with Crippen molar-refractivity contribution in [3.05, 3.63) is 45.3 Å². The minimum Gasteiger partial charge on any atom is -0.493 e. The van der Waals surface area contributed by atoms with Gasteiger partial charge in [-0.2, -0.15) is 0 Å². The quantitative estimate of drug-likeness (QED) is 0.842. The Balaban J connectivity index is 2.21. The van der Waals surface area contributed by atoms with E-state index in [1.165, 1.54) is 28.0 Å². The molecule has 0 atom stereocenters. The molecule has 1 aromatic heterocycles. The highest BCUT2D eigenvalue weighted by atomic mass is 32.1. The summed E-state index contributed by atoms with van der Waals surface area (Å²) >= 11 is 1.49. The normalized spacial score (nSPS) is 10.5. The van der Waals surface area contributed by atoms with Crippen LogP contribution in [-0.4, -0.2) is 10.1 Å². The molecule has 1 aromatic carbocycles. The SMILES string of the molecule is Cc1ccc(Cc2nc(O)cs2)cc1C. The van der Waals surface area contributed by atoms with E-state index in [0.717, 1.165) is 11.4 Å². The van der Waals surface area contributed by atoms with E-state index in [1.807, 2.05) is 0 Å². The Labute approximate surface area is 93.2 Å². The summed E-state index contributed by atoms with van der Waals surface area (Å²) in [6, 6.07) is 6.41. The lowest BCUT2D eigenvalue weighted by atomic mass is 10.0. The van der Waals surface area contributed by atoms with Crippen LogP contribution in [0.4, 0.5) is 0 Å². The fourth-order valence-corrected chi connectivity index (χ4v) is 2.16. The summed E-state index contributed by atoms with van der Waals surface area (Å²) in [4.78, 5) is 4.03. The smallest absolute Gasteiger partial charge is 0.222 e. The molecule has 2 rings (SSSR count). The molecule has 78 valence electrons. The molecule has 15 heavy (non-hydrogen) atoms. The van der Waals surface area contributed by atoms with E-state index in [-0.39, 0.29) is 5.88 Å². The maximum Gasteiger partial charge on any atom is 0.222 e. The molecule has 0 unspecified atom stereocenters. The number of benzene rings is 1. The highest BCUT2D eigenvalue weighted by Gasteiger charge is 2.02. The average Bonchev–Trinajstić information content (AvgIpc) is 2.58. The topological polar surface area (TPSA) is 33.1 Å². The lowest BCUT2D eigenvalue weighted by molar-refractivity contribution is 0.456. The molecule has 0 saturated carbocycles. The monoisotopic (exact) mass is 219 g/mol. The zero-order chi connectivity index (χ0) is 10.8. The predicted molar refractivity (Wildman–Crippen MR) is 62.5 cm³/mol. The van der Waals surface area contributed by atoms with Crippen LogP contribution in [0.3, 0.4) is 0 Å². The zero-order valence-electron chi connectivity index (χ0n) is 8.82. The largest absolute Gasteiger partial charge is 0.493 e. The maximum atomic E-state index is 9.13. The van der Waals surface area contributed by atoms with Gasteiger partial charge in [0.15, 0.2) is 0 Å². The summed E-state index contributed by atoms with van der Waals surface area (Å²) in [5, 5.41) is 11.7. The molecule has 0 saturated heterocycles. The summed E-state index contributed by atoms with van der Waals surface area (Å²) in [7, 11) is 0. The Morgan fingerprint density at radius 2 is 2.07 bits per heavy atom. The number of aromatic nitrogens is 1. The number of aryl methyl sites for hydroxylation is 2. The zero-order valence-corrected chi connectivity index (χ0v) is 9.64. The van der Waals surface area contributed by atoms with Crippen LogP contribution in [0.15, 0.2) is 23.6 Å². The third-order valence-electron chi connectivity index (χ3n) is 2.47. The van der Waals surface area contributed by atoms with Crippen LogP contribution in [0.2, 0.25) is 0 Å². The Hall–Kier alpha value is -1.35. The van der Waals surface area contributed by atoms with E-state index in [0.29, 0.717) is 0 Å². The van der Waals surface area contributed by atoms with Crippen molar-refractivity contribution in [1.29, 1.82) is 0 Å². The van der Waals surface area contributed by atoms with Crippen molar-refractivity contribution in [2.75, 3.05) is 0 Å². The molecular weight excluding hydrogens is 206 g/mol. The molecule has 0 amide bonds. The highest BCUT2D eigenvalue weighted by Crippen LogP contribution is 2.19. The van der Waals surface area contributed by atoms with Gasteiger partial charge < -0.3 is 5.11 Å². The van der Waals surface area contributed by atoms with Crippen molar-refractivity contribution in [3.63, 3.8) is 0 Å². The van der Waals surface area contributed by atoms with Gasteiger partial charge in [0.05, 0.1) is 5.38 Å². The molecule has 0 spiro atoms. The van der Waals surface area contributed by atoms with Crippen molar-refractivity contribution in [3.8, 4) is 5.88 Å². The fourth-order valence-electron chi connectivity index (χ4n) is 1.47. The van der Waals surface area contributed by atoms with Crippen molar-refractivity contribution >= 4 is 11.3 Å². The van der Waals surface area contributed by atoms with Gasteiger partial charge in [0.25, 0.3) is 0 Å². The van der Waals surface area contributed by atoms with Crippen LogP contribution >= 0.6 is 11.3 Å². The van der Waals surface area contributed by atoms with E-state index >= 15 is 0 Å². The summed E-state index contributed by atoms with van der Waals surface area (Å²) in [6.07, 6.45) is 0.798. The number of aromatic hydroxyl groups is 1. The number of hydrogen-bond donors (Lipinski definition) is 1. The maximum absolute atomic E-state index is 9.13. The summed E-state index contributed by atoms with van der Waals surface area (Å²) < 4.78 is 0. The van der Waals surface area contributed by atoms with E-state index < -0.39 is 0 Å². The first-order chi connectivity index (χ1) is 7.15. The minimum absolute atomic E-state index is 0.124. The highest BCUT2D eigenvalue weighted by molar-refractivity contribution is 7.09. The van der Waals surface area contributed by atoms with Crippen LogP contribution in [0.1, 0.15) is 21.7 Å². The third-order valence-corrected chi connectivity index (χ3v) is 3.30. The predicted octanol–water partition coefficient (Wildman–Crippen LogP) is 3.06. The first-order valence-electron chi connectivity index (χ1n) is 4.84. The molecule has 0 aliphatic carbocycles. The summed E-state index contributed by atoms with van der Waals surface area (Å²) in [6.45, 7) is 4.21. The lowest BCUT2D eigenvalue weighted by Gasteiger charge is -2.03. The van der Waals surface area contributed by atoms with Crippen molar-refractivity contribution < 1.29 is 5.11 Å². The Morgan fingerprint density at radius 1 is 1.27 bits per heavy atom. The summed E-state index contributed by atoms with van der Waals surface area (Å²) in [5.41, 5.74) is 3.85. The van der Waals surface area contributed by atoms with Gasteiger partial charge in [-0.25, -0.2) is 4.98 Å². The van der Waals surface area contributed by atoms with Crippen molar-refractivity contribution in [1.82, 2.24) is 4.98 Å². The number of thiazole rings is 1. The Kier molecular flexibility index (Phi) is 2.73. The standard InChI is InChI=1S/C12H13NOS/c1-8-3-4-10(5-9(8)2)6-12-13-11(14)7-15-12/h3-5,7,14H,6H2,1-2H3. The molecule has 0 aliphatic heterocycles. The molecule has 3 heteroatoms. The van der Waals surface area contributed by atoms with Gasteiger partial charge in [-0.3, -0.25) is 0 Å². The van der Waals surface area contributed by atoms with E-state index in [9.17, 15) is 0 Å². The van der Waals surface area contributed by atoms with E-state index in [2.05, 4.69) is 37.0 Å². The second-order valence-corrected chi connectivity index (χ2v) is 4.64. The first kappa shape index (κ1) is 10.2. The van der Waals surface area contributed by atoms with Crippen LogP contribution in [0, 0.1) is 13.8 Å². The van der Waals surface area contributed by atoms with Crippen LogP contribution in [0.25, 0.3) is 0 Å². The lowest BCUT2D eigenvalue weighted by Crippen LogP contribution is -1.89. The van der Waals surface area contributed by atoms with Gasteiger partial charge in [0.2, 0.25) is 5.88 Å². The van der Waals surface area contributed by atoms with Gasteiger partial charge in [-0.15, -0.1) is 11.3 Å². The van der Waals surface area contributed by atoms with Gasteiger partial charge in [0.1, 0.15) is 5.01 Å². The molecule has 0 radical (unpaired) electrons. The minimum atomic E-state index is 0.124. The van der Waals surface area contributed by atoms with E-state index in [1.54, 1.807) is 5.38 Å². The van der Waals surface area contributed by atoms with Crippen LogP contribution in [0.5, 0.6) is 5.88 Å². The Morgan fingerprint density at radius 3 is 2.67 bits per heavy atom. The van der Waals surface area contributed by atoms with Gasteiger partial charge >= 0.3 is 0 Å². The molecule has 0 bridgehead atoms. The molecule has 2 nitrogen and oxygen atoms in total. The molecule has 0 fully saturated rings. The number of nitrogens with zero attached hydrogens (tertiary/aromatic N) is 1. The average molecular weight is 219 g/mol. The molecule has 0 aliphatic rings. The number of hydrogen-bond acceptors (Lipinski definition) is 3. The van der Waals surface area contributed by atoms with Gasteiger partial charge in [-0.05, 0) is 30.5 Å². The van der Waals surface area contributed by atoms with Gasteiger partial charge in [0, 0.05) is 6.42 Å². The number of rotatable bonds is 2. The van der Waals surface area contributed by atoms with Crippen molar-refractivity contribution in [2.24, 2.45) is 0 Å². The molecule has 2 aromatic rings. The van der Waals surface area contributed by atoms with E-state index in [4.69, 9.17) is 5.11 Å². The van der Waals surface area contributed by atoms with Crippen LogP contribution in [-0.2, 0) is 6.42 Å². The molecular formula is C12H13NOS. The first-order valence-corrected chi connectivity index (χ1v) is 5.72. The molecule has 1 N–H and O–H groups in total. The van der Waals surface area contributed by atoms with Gasteiger partial charge in [-0.1, -0.05) is 18.2 Å². The third kappa shape index (κ3) is 2.36. The second kappa shape index (κ2) is 4.03. The molecule has 1 heterocycles. The fraction of sp³-hybridized carbons (Fsp3) is 0.250. The van der Waals surface area contributed by atoms with Crippen LogP contribution < -0.4 is 0 Å². The second-order valence-electron chi connectivity index (χ2n) is 3.69. The Bertz CT molecular complexity index is 476. The summed E-state index contributed by atoms with van der Waals surface area (Å²) in [5.74, 6) is 0.124. The van der Waals surface area contributed by atoms with Crippen molar-refractivity contribution in [2.45, 2.75) is 20.3 Å².